The smallest absolute Gasteiger partial charge is 0.260 e. The van der Waals surface area contributed by atoms with Crippen molar-refractivity contribution in [1.82, 2.24) is 49.1 Å². The second-order valence-electron chi connectivity index (χ2n) is 11.5. The van der Waals surface area contributed by atoms with Crippen molar-refractivity contribution in [3.8, 4) is 28.9 Å². The largest absolute Gasteiger partial charge is 0.473 e. The summed E-state index contributed by atoms with van der Waals surface area (Å²) in [4.78, 5) is 51.8. The fourth-order valence-corrected chi connectivity index (χ4v) is 5.23. The Hall–Kier alpha value is -7.89. The number of carbonyl (C=O) groups is 2. The number of amides is 2. The zero-order valence-electron chi connectivity index (χ0n) is 28.0. The lowest BCUT2D eigenvalue weighted by Crippen LogP contribution is -2.15. The van der Waals surface area contributed by atoms with Gasteiger partial charge < -0.3 is 24.8 Å². The van der Waals surface area contributed by atoms with Crippen LogP contribution in [-0.2, 0) is 6.61 Å². The summed E-state index contributed by atoms with van der Waals surface area (Å²) in [6, 6.07) is 15.8. The average molecular weight is 725 g/mol. The average Bonchev–Trinajstić information content (AvgIpc) is 3.86. The van der Waals surface area contributed by atoms with Crippen molar-refractivity contribution >= 4 is 34.7 Å². The maximum atomic E-state index is 13.7. The number of pyridine rings is 6. The standard InChI is InChI=1S/C36H25FN12O5/c1-21-29(37)7-8-31(44-21)47-36(51)28-12-26(17-49-34(28)41-20-43-49)54-24-10-22(13-39-15-24)18-52-32-6-2-5-30(45-32)46-35(50)27-11-25(16-48-33(27)40-19-42-48)53-23-4-3-9-38-14-23/h2-17,19-20H,18H2,1H3,(H,44,47,51)(H,45,46,50). The minimum atomic E-state index is -0.543. The Balaban J connectivity index is 0.939. The van der Waals surface area contributed by atoms with Gasteiger partial charge in [-0.1, -0.05) is 6.07 Å². The molecule has 0 bridgehead atoms. The van der Waals surface area contributed by atoms with Crippen LogP contribution in [0.5, 0.6) is 28.9 Å². The van der Waals surface area contributed by atoms with Crippen LogP contribution >= 0.6 is 0 Å². The molecule has 0 saturated carbocycles. The molecule has 0 fully saturated rings. The minimum Gasteiger partial charge on any atom is -0.473 e. The molecule has 8 aromatic heterocycles. The van der Waals surface area contributed by atoms with Gasteiger partial charge in [0, 0.05) is 24.0 Å². The van der Waals surface area contributed by atoms with Gasteiger partial charge in [0.1, 0.15) is 59.7 Å². The number of halogens is 1. The molecular formula is C36H25FN12O5. The lowest BCUT2D eigenvalue weighted by atomic mass is 10.2. The first-order valence-corrected chi connectivity index (χ1v) is 16.1. The van der Waals surface area contributed by atoms with Crippen molar-refractivity contribution in [2.45, 2.75) is 13.5 Å². The number of hydrogen-bond acceptors (Lipinski definition) is 13. The maximum absolute atomic E-state index is 13.7. The van der Waals surface area contributed by atoms with Crippen LogP contribution in [0, 0.1) is 12.7 Å². The third kappa shape index (κ3) is 7.28. The number of fused-ring (bicyclic) bond motifs is 2. The quantitative estimate of drug-likeness (QED) is 0.171. The highest BCUT2D eigenvalue weighted by molar-refractivity contribution is 6.08. The van der Waals surface area contributed by atoms with E-state index in [0.717, 1.165) is 0 Å². The van der Waals surface area contributed by atoms with Gasteiger partial charge in [-0.05, 0) is 55.5 Å². The van der Waals surface area contributed by atoms with Crippen molar-refractivity contribution in [2.24, 2.45) is 0 Å². The number of ether oxygens (including phenoxy) is 3. The maximum Gasteiger partial charge on any atom is 0.260 e. The van der Waals surface area contributed by atoms with E-state index in [-0.39, 0.29) is 52.3 Å². The van der Waals surface area contributed by atoms with E-state index in [1.54, 1.807) is 73.4 Å². The van der Waals surface area contributed by atoms with Crippen molar-refractivity contribution in [3.05, 3.63) is 139 Å². The predicted octanol–water partition coefficient (Wildman–Crippen LogP) is 5.47. The fraction of sp³-hybridized carbons (Fsp3) is 0.0556. The second-order valence-corrected chi connectivity index (χ2v) is 11.5. The first kappa shape index (κ1) is 33.3. The van der Waals surface area contributed by atoms with Crippen LogP contribution in [0.25, 0.3) is 11.3 Å². The van der Waals surface area contributed by atoms with Crippen LogP contribution in [0.15, 0.2) is 110 Å². The molecule has 0 aliphatic carbocycles. The van der Waals surface area contributed by atoms with E-state index in [0.29, 0.717) is 28.5 Å². The molecular weight excluding hydrogens is 699 g/mol. The normalized spacial score (nSPS) is 11.0. The van der Waals surface area contributed by atoms with E-state index in [1.165, 1.54) is 53.0 Å². The van der Waals surface area contributed by atoms with Crippen molar-refractivity contribution < 1.29 is 28.2 Å². The highest BCUT2D eigenvalue weighted by atomic mass is 19.1. The Bertz CT molecular complexity index is 2670. The summed E-state index contributed by atoms with van der Waals surface area (Å²) < 4.78 is 34.4. The fourth-order valence-electron chi connectivity index (χ4n) is 5.23. The monoisotopic (exact) mass is 724 g/mol. The Kier molecular flexibility index (Phi) is 8.86. The molecule has 2 N–H and O–H groups in total. The van der Waals surface area contributed by atoms with Gasteiger partial charge in [0.05, 0.1) is 41.6 Å². The van der Waals surface area contributed by atoms with Gasteiger partial charge in [-0.3, -0.25) is 19.6 Å². The van der Waals surface area contributed by atoms with Crippen LogP contribution in [0.3, 0.4) is 0 Å². The molecule has 8 heterocycles. The molecule has 54 heavy (non-hydrogen) atoms. The summed E-state index contributed by atoms with van der Waals surface area (Å²) in [6.45, 7) is 1.56. The first-order valence-electron chi connectivity index (χ1n) is 16.1. The van der Waals surface area contributed by atoms with Gasteiger partial charge in [-0.15, -0.1) is 0 Å². The number of hydrogen-bond donors (Lipinski definition) is 2. The van der Waals surface area contributed by atoms with Crippen molar-refractivity contribution in [2.75, 3.05) is 10.6 Å². The van der Waals surface area contributed by atoms with Crippen molar-refractivity contribution in [1.29, 1.82) is 0 Å². The number of aromatic nitrogens is 10. The number of anilines is 2. The highest BCUT2D eigenvalue weighted by Crippen LogP contribution is 2.27. The SMILES string of the molecule is Cc1nc(NC(=O)c2cc(Oc3cncc(COc4cccc(NC(=O)c5cc(Oc6cccnc6)cn6ncnc56)n4)c3)cn3ncnc23)ccc1F. The van der Waals surface area contributed by atoms with E-state index >= 15 is 0 Å². The molecule has 0 atom stereocenters. The lowest BCUT2D eigenvalue weighted by Gasteiger charge is -2.11. The predicted molar refractivity (Wildman–Crippen MR) is 188 cm³/mol. The molecule has 8 aromatic rings. The van der Waals surface area contributed by atoms with Gasteiger partial charge in [-0.2, -0.15) is 15.2 Å². The third-order valence-corrected chi connectivity index (χ3v) is 7.68. The second kappa shape index (κ2) is 14.4. The number of nitrogens with zero attached hydrogens (tertiary/aromatic N) is 10. The molecule has 8 rings (SSSR count). The van der Waals surface area contributed by atoms with Crippen molar-refractivity contribution in [3.63, 3.8) is 0 Å². The molecule has 18 heteroatoms. The van der Waals surface area contributed by atoms with Gasteiger partial charge in [0.15, 0.2) is 11.3 Å². The molecule has 266 valence electrons. The van der Waals surface area contributed by atoms with Crippen LogP contribution in [-0.4, -0.2) is 60.9 Å². The first-order chi connectivity index (χ1) is 26.3. The van der Waals surface area contributed by atoms with E-state index in [1.807, 2.05) is 0 Å². The van der Waals surface area contributed by atoms with Gasteiger partial charge in [0.25, 0.3) is 11.8 Å². The van der Waals surface area contributed by atoms with Crippen LogP contribution in [0.1, 0.15) is 32.0 Å². The lowest BCUT2D eigenvalue weighted by molar-refractivity contribution is 0.101. The van der Waals surface area contributed by atoms with Crippen LogP contribution < -0.4 is 24.8 Å². The summed E-state index contributed by atoms with van der Waals surface area (Å²) in [7, 11) is 0. The van der Waals surface area contributed by atoms with Crippen LogP contribution in [0.4, 0.5) is 16.0 Å². The molecule has 0 radical (unpaired) electrons. The Morgan fingerprint density at radius 2 is 1.39 bits per heavy atom. The number of carbonyl (C=O) groups excluding carboxylic acids is 2. The zero-order valence-corrected chi connectivity index (χ0v) is 28.0. The molecule has 17 nitrogen and oxygen atoms in total. The van der Waals surface area contributed by atoms with Gasteiger partial charge >= 0.3 is 0 Å². The molecule has 0 unspecified atom stereocenters. The molecule has 0 aliphatic heterocycles. The zero-order chi connectivity index (χ0) is 37.0. The van der Waals surface area contributed by atoms with E-state index in [9.17, 15) is 14.0 Å². The summed E-state index contributed by atoms with van der Waals surface area (Å²) in [5, 5.41) is 13.7. The molecule has 0 aromatic carbocycles. The molecule has 0 saturated heterocycles. The highest BCUT2D eigenvalue weighted by Gasteiger charge is 2.18. The number of rotatable bonds is 11. The van der Waals surface area contributed by atoms with E-state index < -0.39 is 17.6 Å². The Morgan fingerprint density at radius 3 is 2.06 bits per heavy atom. The molecule has 0 spiro atoms. The van der Waals surface area contributed by atoms with Gasteiger partial charge in [0.2, 0.25) is 5.88 Å². The Morgan fingerprint density at radius 1 is 0.722 bits per heavy atom. The molecule has 2 amide bonds. The van der Waals surface area contributed by atoms with E-state index in [2.05, 4.69) is 50.7 Å². The van der Waals surface area contributed by atoms with Crippen LogP contribution in [0.2, 0.25) is 0 Å². The summed E-state index contributed by atoms with van der Waals surface area (Å²) in [6.07, 6.45) is 12.1. The molecule has 0 aliphatic rings. The summed E-state index contributed by atoms with van der Waals surface area (Å²) in [5.74, 6) is 0.583. The van der Waals surface area contributed by atoms with E-state index in [4.69, 9.17) is 14.2 Å². The minimum absolute atomic E-state index is 0.0581. The van der Waals surface area contributed by atoms with Gasteiger partial charge in [-0.25, -0.2) is 28.4 Å². The number of nitrogens with one attached hydrogen (secondary N) is 2. The Labute approximate surface area is 303 Å². The topological polar surface area (TPSA) is 198 Å². The number of aryl methyl sites for hydroxylation is 1. The summed E-state index contributed by atoms with van der Waals surface area (Å²) >= 11 is 0. The third-order valence-electron chi connectivity index (χ3n) is 7.68. The summed E-state index contributed by atoms with van der Waals surface area (Å²) in [5.41, 5.74) is 1.74.